The fraction of sp³-hybridized carbons (Fsp3) is 0.200. The van der Waals surface area contributed by atoms with Crippen molar-refractivity contribution >= 4 is 29.2 Å². The molecule has 1 heterocycles. The Morgan fingerprint density at radius 2 is 2.19 bits per heavy atom. The molecular formula is C10H9ClN2O3. The van der Waals surface area contributed by atoms with E-state index in [4.69, 9.17) is 16.3 Å². The molecule has 1 aliphatic rings. The number of amides is 3. The van der Waals surface area contributed by atoms with E-state index in [2.05, 4.69) is 5.32 Å². The molecule has 1 N–H and O–H groups in total. The second-order valence-electron chi connectivity index (χ2n) is 3.20. The van der Waals surface area contributed by atoms with Crippen LogP contribution >= 0.6 is 11.6 Å². The van der Waals surface area contributed by atoms with E-state index in [9.17, 15) is 9.59 Å². The standard InChI is InChI=1S/C10H9ClN2O3/c1-16-8-3-2-6(11)4-7(8)13-9(14)5-12-10(13)15/h2-4H,5H2,1H3,(H,12,15). The summed E-state index contributed by atoms with van der Waals surface area (Å²) in [6, 6.07) is 4.28. The van der Waals surface area contributed by atoms with Crippen LogP contribution in [-0.4, -0.2) is 25.6 Å². The lowest BCUT2D eigenvalue weighted by atomic mass is 10.2. The summed E-state index contributed by atoms with van der Waals surface area (Å²) in [7, 11) is 1.46. The predicted octanol–water partition coefficient (Wildman–Crippen LogP) is 1.40. The van der Waals surface area contributed by atoms with Crippen LogP contribution in [0.15, 0.2) is 18.2 Å². The summed E-state index contributed by atoms with van der Waals surface area (Å²) >= 11 is 5.82. The second-order valence-corrected chi connectivity index (χ2v) is 3.64. The number of benzene rings is 1. The van der Waals surface area contributed by atoms with Gasteiger partial charge in [0.15, 0.2) is 0 Å². The number of halogens is 1. The van der Waals surface area contributed by atoms with Crippen molar-refractivity contribution in [1.82, 2.24) is 5.32 Å². The molecule has 0 atom stereocenters. The molecule has 2 rings (SSSR count). The van der Waals surface area contributed by atoms with E-state index < -0.39 is 6.03 Å². The highest BCUT2D eigenvalue weighted by molar-refractivity contribution is 6.31. The van der Waals surface area contributed by atoms with Crippen LogP contribution in [0.3, 0.4) is 0 Å². The molecule has 0 spiro atoms. The van der Waals surface area contributed by atoms with Crippen LogP contribution in [0.25, 0.3) is 0 Å². The first-order valence-electron chi connectivity index (χ1n) is 4.58. The molecule has 1 aromatic carbocycles. The number of rotatable bonds is 2. The Bertz CT molecular complexity index is 445. The van der Waals surface area contributed by atoms with Crippen LogP contribution in [0, 0.1) is 0 Å². The van der Waals surface area contributed by atoms with Crippen LogP contribution in [0.4, 0.5) is 10.5 Å². The van der Waals surface area contributed by atoms with E-state index in [1.54, 1.807) is 12.1 Å². The number of hydrogen-bond acceptors (Lipinski definition) is 3. The molecule has 1 aliphatic heterocycles. The average Bonchev–Trinajstić information content (AvgIpc) is 2.58. The quantitative estimate of drug-likeness (QED) is 0.795. The topological polar surface area (TPSA) is 58.6 Å². The van der Waals surface area contributed by atoms with Crippen molar-refractivity contribution in [2.24, 2.45) is 0 Å². The lowest BCUT2D eigenvalue weighted by Crippen LogP contribution is -2.31. The Morgan fingerprint density at radius 3 is 2.75 bits per heavy atom. The molecule has 84 valence electrons. The number of carbonyl (C=O) groups is 2. The maximum atomic E-state index is 11.5. The van der Waals surface area contributed by atoms with E-state index in [0.29, 0.717) is 16.5 Å². The average molecular weight is 241 g/mol. The second kappa shape index (κ2) is 4.02. The molecule has 0 saturated carbocycles. The molecule has 0 aliphatic carbocycles. The van der Waals surface area contributed by atoms with Gasteiger partial charge in [0, 0.05) is 5.02 Å². The van der Waals surface area contributed by atoms with E-state index in [0.717, 1.165) is 4.90 Å². The van der Waals surface area contributed by atoms with E-state index >= 15 is 0 Å². The van der Waals surface area contributed by atoms with Crippen molar-refractivity contribution in [2.75, 3.05) is 18.6 Å². The number of ether oxygens (including phenoxy) is 1. The van der Waals surface area contributed by atoms with Gasteiger partial charge in [-0.1, -0.05) is 11.6 Å². The number of methoxy groups -OCH3 is 1. The Balaban J connectivity index is 2.49. The SMILES string of the molecule is COc1ccc(Cl)cc1N1C(=O)CNC1=O. The molecule has 5 nitrogen and oxygen atoms in total. The molecule has 0 bridgehead atoms. The first kappa shape index (κ1) is 10.8. The zero-order valence-corrected chi connectivity index (χ0v) is 9.25. The molecule has 6 heteroatoms. The van der Waals surface area contributed by atoms with Gasteiger partial charge in [-0.3, -0.25) is 4.79 Å². The molecule has 0 aromatic heterocycles. The fourth-order valence-electron chi connectivity index (χ4n) is 1.50. The van der Waals surface area contributed by atoms with E-state index in [1.165, 1.54) is 13.2 Å². The van der Waals surface area contributed by atoms with E-state index in [1.807, 2.05) is 0 Å². The lowest BCUT2D eigenvalue weighted by molar-refractivity contribution is -0.115. The fourth-order valence-corrected chi connectivity index (χ4v) is 1.67. The number of imide groups is 1. The van der Waals surface area contributed by atoms with Crippen molar-refractivity contribution in [3.05, 3.63) is 23.2 Å². The van der Waals surface area contributed by atoms with Crippen LogP contribution < -0.4 is 15.0 Å². The third-order valence-corrected chi connectivity index (χ3v) is 2.46. The highest BCUT2D eigenvalue weighted by Crippen LogP contribution is 2.32. The maximum absolute atomic E-state index is 11.5. The molecule has 16 heavy (non-hydrogen) atoms. The lowest BCUT2D eigenvalue weighted by Gasteiger charge is -2.16. The van der Waals surface area contributed by atoms with Crippen molar-refractivity contribution < 1.29 is 14.3 Å². The van der Waals surface area contributed by atoms with Crippen LogP contribution in [-0.2, 0) is 4.79 Å². The van der Waals surface area contributed by atoms with Crippen molar-refractivity contribution in [1.29, 1.82) is 0 Å². The Morgan fingerprint density at radius 1 is 1.44 bits per heavy atom. The molecule has 0 unspecified atom stereocenters. The highest BCUT2D eigenvalue weighted by Gasteiger charge is 2.32. The van der Waals surface area contributed by atoms with Crippen molar-refractivity contribution in [3.63, 3.8) is 0 Å². The minimum absolute atomic E-state index is 0.00546. The minimum Gasteiger partial charge on any atom is -0.495 e. The number of carbonyl (C=O) groups excluding carboxylic acids is 2. The summed E-state index contributed by atoms with van der Waals surface area (Å²) in [5.41, 5.74) is 0.356. The Hall–Kier alpha value is -1.75. The van der Waals surface area contributed by atoms with Crippen molar-refractivity contribution in [2.45, 2.75) is 0 Å². The molecule has 1 aromatic rings. The van der Waals surface area contributed by atoms with E-state index in [-0.39, 0.29) is 12.5 Å². The normalized spacial score (nSPS) is 15.2. The molecular weight excluding hydrogens is 232 g/mol. The maximum Gasteiger partial charge on any atom is 0.329 e. The first-order chi connectivity index (χ1) is 7.63. The van der Waals surface area contributed by atoms with Crippen LogP contribution in [0.2, 0.25) is 5.02 Å². The van der Waals surface area contributed by atoms with Crippen LogP contribution in [0.1, 0.15) is 0 Å². The van der Waals surface area contributed by atoms with Gasteiger partial charge >= 0.3 is 6.03 Å². The summed E-state index contributed by atoms with van der Waals surface area (Å²) in [6.07, 6.45) is 0. The molecule has 3 amide bonds. The molecule has 1 fully saturated rings. The highest BCUT2D eigenvalue weighted by atomic mass is 35.5. The molecule has 0 radical (unpaired) electrons. The Kier molecular flexibility index (Phi) is 2.70. The number of urea groups is 1. The van der Waals surface area contributed by atoms with Crippen molar-refractivity contribution in [3.8, 4) is 5.75 Å². The summed E-state index contributed by atoms with van der Waals surface area (Å²) < 4.78 is 5.08. The van der Waals surface area contributed by atoms with Crippen LogP contribution in [0.5, 0.6) is 5.75 Å². The van der Waals surface area contributed by atoms with Gasteiger partial charge in [-0.25, -0.2) is 9.69 Å². The summed E-state index contributed by atoms with van der Waals surface area (Å²) in [5.74, 6) is 0.0976. The molecule has 1 saturated heterocycles. The number of anilines is 1. The van der Waals surface area contributed by atoms with Gasteiger partial charge < -0.3 is 10.1 Å². The number of hydrogen-bond donors (Lipinski definition) is 1. The summed E-state index contributed by atoms with van der Waals surface area (Å²) in [5, 5.41) is 2.86. The smallest absolute Gasteiger partial charge is 0.329 e. The largest absolute Gasteiger partial charge is 0.495 e. The third kappa shape index (κ3) is 1.69. The number of nitrogens with zero attached hydrogens (tertiary/aromatic N) is 1. The van der Waals surface area contributed by atoms with Gasteiger partial charge in [0.2, 0.25) is 0 Å². The zero-order valence-electron chi connectivity index (χ0n) is 8.49. The Labute approximate surface area is 96.9 Å². The van der Waals surface area contributed by atoms with Gasteiger partial charge in [0.25, 0.3) is 5.91 Å². The number of nitrogens with one attached hydrogen (secondary N) is 1. The monoisotopic (exact) mass is 240 g/mol. The first-order valence-corrected chi connectivity index (χ1v) is 4.95. The van der Waals surface area contributed by atoms with Gasteiger partial charge in [0.05, 0.1) is 19.3 Å². The third-order valence-electron chi connectivity index (χ3n) is 2.23. The summed E-state index contributed by atoms with van der Waals surface area (Å²) in [4.78, 5) is 24.0. The van der Waals surface area contributed by atoms with Gasteiger partial charge in [-0.05, 0) is 18.2 Å². The van der Waals surface area contributed by atoms with Gasteiger partial charge in [-0.15, -0.1) is 0 Å². The minimum atomic E-state index is -0.467. The zero-order chi connectivity index (χ0) is 11.7. The predicted molar refractivity (Wildman–Crippen MR) is 58.9 cm³/mol. The van der Waals surface area contributed by atoms with Gasteiger partial charge in [0.1, 0.15) is 5.75 Å². The van der Waals surface area contributed by atoms with Gasteiger partial charge in [-0.2, -0.15) is 0 Å². The summed E-state index contributed by atoms with van der Waals surface area (Å²) in [6.45, 7) is -0.00546.